The van der Waals surface area contributed by atoms with Crippen LogP contribution < -0.4 is 20.1 Å². The fraction of sp³-hybridized carbons (Fsp3) is 0.100. The van der Waals surface area contributed by atoms with Crippen LogP contribution in [0.2, 0.25) is 0 Å². The average molecular weight is 384 g/mol. The van der Waals surface area contributed by atoms with E-state index in [1.807, 2.05) is 0 Å². The van der Waals surface area contributed by atoms with Crippen LogP contribution in [-0.2, 0) is 4.79 Å². The quantitative estimate of drug-likeness (QED) is 0.648. The lowest BCUT2D eigenvalue weighted by Gasteiger charge is -2.11. The van der Waals surface area contributed by atoms with E-state index in [0.717, 1.165) is 0 Å². The number of methoxy groups -OCH3 is 1. The maximum absolute atomic E-state index is 13.2. The predicted molar refractivity (Wildman–Crippen MR) is 100 cm³/mol. The molecule has 0 saturated carbocycles. The third kappa shape index (κ3) is 4.88. The topological polar surface area (TPSA) is 89.8 Å². The van der Waals surface area contributed by atoms with Gasteiger partial charge in [0.15, 0.2) is 12.4 Å². The van der Waals surface area contributed by atoms with E-state index in [1.165, 1.54) is 31.6 Å². The van der Waals surface area contributed by atoms with Crippen LogP contribution >= 0.6 is 0 Å². The van der Waals surface area contributed by atoms with E-state index in [2.05, 4.69) is 10.6 Å². The molecule has 0 aliphatic rings. The van der Waals surface area contributed by atoms with Crippen molar-refractivity contribution in [1.29, 1.82) is 0 Å². The van der Waals surface area contributed by atoms with Crippen molar-refractivity contribution in [2.75, 3.05) is 24.4 Å². The van der Waals surface area contributed by atoms with Gasteiger partial charge in [-0.1, -0.05) is 6.07 Å². The zero-order valence-corrected chi connectivity index (χ0v) is 14.9. The maximum atomic E-state index is 13.2. The first kappa shape index (κ1) is 19.0. The number of hydrogen-bond acceptors (Lipinski definition) is 5. The molecule has 3 rings (SSSR count). The largest absolute Gasteiger partial charge is 0.494 e. The number of ether oxygens (including phenoxy) is 2. The second-order valence-corrected chi connectivity index (χ2v) is 5.64. The Bertz CT molecular complexity index is 972. The van der Waals surface area contributed by atoms with Gasteiger partial charge in [0.05, 0.1) is 19.1 Å². The third-order valence-corrected chi connectivity index (χ3v) is 3.64. The number of carbonyl (C=O) groups excluding carboxylic acids is 2. The molecule has 1 aromatic heterocycles. The molecule has 7 nitrogen and oxygen atoms in total. The van der Waals surface area contributed by atoms with Gasteiger partial charge in [0.2, 0.25) is 0 Å². The van der Waals surface area contributed by atoms with E-state index in [4.69, 9.17) is 13.9 Å². The van der Waals surface area contributed by atoms with Crippen LogP contribution in [0.1, 0.15) is 10.6 Å². The molecule has 0 spiro atoms. The number of amides is 2. The molecule has 8 heteroatoms. The Balaban J connectivity index is 1.57. The third-order valence-electron chi connectivity index (χ3n) is 3.64. The predicted octanol–water partition coefficient (Wildman–Crippen LogP) is 3.70. The van der Waals surface area contributed by atoms with Gasteiger partial charge in [-0.25, -0.2) is 4.39 Å². The number of benzene rings is 2. The van der Waals surface area contributed by atoms with E-state index < -0.39 is 17.6 Å². The fourth-order valence-corrected chi connectivity index (χ4v) is 2.37. The van der Waals surface area contributed by atoms with Crippen molar-refractivity contribution in [2.24, 2.45) is 0 Å². The summed E-state index contributed by atoms with van der Waals surface area (Å²) in [5.74, 6) is -0.550. The Hall–Kier alpha value is -3.81. The van der Waals surface area contributed by atoms with Crippen LogP contribution in [0.15, 0.2) is 65.3 Å². The zero-order valence-electron chi connectivity index (χ0n) is 14.9. The van der Waals surface area contributed by atoms with Crippen LogP contribution in [0.4, 0.5) is 15.8 Å². The van der Waals surface area contributed by atoms with Crippen molar-refractivity contribution in [1.82, 2.24) is 0 Å². The molecule has 0 atom stereocenters. The summed E-state index contributed by atoms with van der Waals surface area (Å²) in [5.41, 5.74) is 0.816. The molecular weight excluding hydrogens is 367 g/mol. The molecule has 0 radical (unpaired) electrons. The summed E-state index contributed by atoms with van der Waals surface area (Å²) in [6.07, 6.45) is 1.41. The number of carbonyl (C=O) groups is 2. The maximum Gasteiger partial charge on any atom is 0.291 e. The Morgan fingerprint density at radius 2 is 1.93 bits per heavy atom. The van der Waals surface area contributed by atoms with Crippen molar-refractivity contribution in [3.8, 4) is 11.5 Å². The van der Waals surface area contributed by atoms with Gasteiger partial charge in [-0.3, -0.25) is 9.59 Å². The van der Waals surface area contributed by atoms with E-state index in [1.54, 1.807) is 36.4 Å². The first-order chi connectivity index (χ1) is 13.5. The second-order valence-electron chi connectivity index (χ2n) is 5.64. The minimum atomic E-state index is -0.473. The van der Waals surface area contributed by atoms with Crippen LogP contribution in [0.25, 0.3) is 0 Å². The molecule has 144 valence electrons. The molecule has 2 N–H and O–H groups in total. The van der Waals surface area contributed by atoms with Gasteiger partial charge in [0.1, 0.15) is 17.3 Å². The Morgan fingerprint density at radius 1 is 1.07 bits per heavy atom. The minimum absolute atomic E-state index is 0.180. The number of hydrogen-bond donors (Lipinski definition) is 2. The zero-order chi connectivity index (χ0) is 19.9. The Labute approximate surface area is 160 Å². The van der Waals surface area contributed by atoms with Crippen LogP contribution in [0.5, 0.6) is 11.5 Å². The molecule has 0 bridgehead atoms. The SMILES string of the molecule is COc1cc(F)ccc1NC(=O)COc1cccc(NC(=O)c2ccco2)c1. The lowest BCUT2D eigenvalue weighted by atomic mass is 10.2. The van der Waals surface area contributed by atoms with Crippen LogP contribution in [0.3, 0.4) is 0 Å². The van der Waals surface area contributed by atoms with Gasteiger partial charge in [-0.2, -0.15) is 0 Å². The molecule has 0 saturated heterocycles. The minimum Gasteiger partial charge on any atom is -0.494 e. The molecule has 0 unspecified atom stereocenters. The summed E-state index contributed by atoms with van der Waals surface area (Å²) in [4.78, 5) is 24.1. The summed E-state index contributed by atoms with van der Waals surface area (Å²) in [6, 6.07) is 13.5. The van der Waals surface area contributed by atoms with Crippen molar-refractivity contribution < 1.29 is 27.9 Å². The summed E-state index contributed by atoms with van der Waals surface area (Å²) in [6.45, 7) is -0.282. The van der Waals surface area contributed by atoms with E-state index >= 15 is 0 Å². The lowest BCUT2D eigenvalue weighted by molar-refractivity contribution is -0.118. The van der Waals surface area contributed by atoms with Gasteiger partial charge in [0.25, 0.3) is 11.8 Å². The second kappa shape index (κ2) is 8.72. The molecule has 0 fully saturated rings. The smallest absolute Gasteiger partial charge is 0.291 e. The summed E-state index contributed by atoms with van der Waals surface area (Å²) in [7, 11) is 1.38. The molecule has 28 heavy (non-hydrogen) atoms. The van der Waals surface area contributed by atoms with Crippen molar-refractivity contribution >= 4 is 23.2 Å². The normalized spacial score (nSPS) is 10.2. The molecule has 2 aromatic carbocycles. The standard InChI is InChI=1S/C20H17FN2O5/c1-26-18-10-13(21)7-8-16(18)23-19(24)12-28-15-5-2-4-14(11-15)22-20(25)17-6-3-9-27-17/h2-11H,12H2,1H3,(H,22,25)(H,23,24). The highest BCUT2D eigenvalue weighted by Crippen LogP contribution is 2.25. The highest BCUT2D eigenvalue weighted by molar-refractivity contribution is 6.02. The molecule has 3 aromatic rings. The average Bonchev–Trinajstić information content (AvgIpc) is 3.23. The summed E-state index contributed by atoms with van der Waals surface area (Å²) in [5, 5.41) is 5.25. The molecular formula is C20H17FN2O5. The van der Waals surface area contributed by atoms with Gasteiger partial charge >= 0.3 is 0 Å². The van der Waals surface area contributed by atoms with E-state index in [9.17, 15) is 14.0 Å². The monoisotopic (exact) mass is 384 g/mol. The van der Waals surface area contributed by atoms with E-state index in [-0.39, 0.29) is 18.1 Å². The molecule has 0 aliphatic heterocycles. The summed E-state index contributed by atoms with van der Waals surface area (Å²) >= 11 is 0. The van der Waals surface area contributed by atoms with Crippen LogP contribution in [0, 0.1) is 5.82 Å². The van der Waals surface area contributed by atoms with Gasteiger partial charge in [0, 0.05) is 17.8 Å². The van der Waals surface area contributed by atoms with Gasteiger partial charge in [-0.15, -0.1) is 0 Å². The first-order valence-electron chi connectivity index (χ1n) is 8.26. The van der Waals surface area contributed by atoms with Gasteiger partial charge in [-0.05, 0) is 36.4 Å². The number of rotatable bonds is 7. The van der Waals surface area contributed by atoms with Crippen molar-refractivity contribution in [3.05, 3.63) is 72.4 Å². The lowest BCUT2D eigenvalue weighted by Crippen LogP contribution is -2.20. The highest BCUT2D eigenvalue weighted by Gasteiger charge is 2.11. The first-order valence-corrected chi connectivity index (χ1v) is 8.26. The number of anilines is 2. The summed E-state index contributed by atoms with van der Waals surface area (Å²) < 4.78 is 28.7. The Morgan fingerprint density at radius 3 is 2.68 bits per heavy atom. The highest BCUT2D eigenvalue weighted by atomic mass is 19.1. The van der Waals surface area contributed by atoms with Gasteiger partial charge < -0.3 is 24.5 Å². The molecule has 2 amide bonds. The van der Waals surface area contributed by atoms with Crippen molar-refractivity contribution in [3.63, 3.8) is 0 Å². The Kier molecular flexibility index (Phi) is 5.91. The number of halogens is 1. The number of furan rings is 1. The molecule has 1 heterocycles. The van der Waals surface area contributed by atoms with E-state index in [0.29, 0.717) is 17.1 Å². The fourth-order valence-electron chi connectivity index (χ4n) is 2.37. The van der Waals surface area contributed by atoms with Crippen molar-refractivity contribution in [2.45, 2.75) is 0 Å². The number of nitrogens with one attached hydrogen (secondary N) is 2. The van der Waals surface area contributed by atoms with Crippen LogP contribution in [-0.4, -0.2) is 25.5 Å². The molecule has 0 aliphatic carbocycles.